The Labute approximate surface area is 229 Å². The van der Waals surface area contributed by atoms with E-state index in [0.717, 1.165) is 69.1 Å². The normalized spacial score (nSPS) is 19.0. The van der Waals surface area contributed by atoms with E-state index in [9.17, 15) is 0 Å². The second-order valence-electron chi connectivity index (χ2n) is 10.1. The van der Waals surface area contributed by atoms with E-state index in [-0.39, 0.29) is 5.41 Å². The summed E-state index contributed by atoms with van der Waals surface area (Å²) in [5.41, 5.74) is 6.17. The third-order valence-electron chi connectivity index (χ3n) is 7.78. The van der Waals surface area contributed by atoms with Gasteiger partial charge in [-0.2, -0.15) is 5.10 Å². The highest BCUT2D eigenvalue weighted by Gasteiger charge is 2.30. The third-order valence-corrected chi connectivity index (χ3v) is 7.78. The summed E-state index contributed by atoms with van der Waals surface area (Å²) in [5.74, 6) is 0.895. The lowest BCUT2D eigenvalue weighted by Crippen LogP contribution is -2.30. The van der Waals surface area contributed by atoms with Gasteiger partial charge in [0.15, 0.2) is 0 Å². The summed E-state index contributed by atoms with van der Waals surface area (Å²) in [6, 6.07) is 17.3. The fourth-order valence-corrected chi connectivity index (χ4v) is 5.55. The number of hydrogen-bond acceptors (Lipinski definition) is 5. The topological polar surface area (TPSA) is 31.3 Å². The number of nitrogens with zero attached hydrogens (tertiary/aromatic N) is 4. The molecule has 1 aliphatic heterocycles. The van der Waals surface area contributed by atoms with E-state index >= 15 is 0 Å². The van der Waals surface area contributed by atoms with Crippen molar-refractivity contribution in [1.82, 2.24) is 4.90 Å². The summed E-state index contributed by atoms with van der Waals surface area (Å²) in [7, 11) is 1.72. The van der Waals surface area contributed by atoms with Gasteiger partial charge in [0.05, 0.1) is 18.5 Å². The molecule has 1 aliphatic carbocycles. The number of anilines is 2. The van der Waals surface area contributed by atoms with Crippen LogP contribution in [0.15, 0.2) is 89.7 Å². The first-order chi connectivity index (χ1) is 18.5. The van der Waals surface area contributed by atoms with Gasteiger partial charge in [0.2, 0.25) is 0 Å². The Hall–Kier alpha value is -3.47. The second kappa shape index (κ2) is 12.9. The average molecular weight is 513 g/mol. The van der Waals surface area contributed by atoms with Crippen LogP contribution >= 0.6 is 0 Å². The molecule has 1 heterocycles. The maximum atomic E-state index is 5.39. The molecule has 0 radical (unpaired) electrons. The molecular formula is C33H44N4O. The van der Waals surface area contributed by atoms with Gasteiger partial charge in [-0.3, -0.25) is 5.01 Å². The van der Waals surface area contributed by atoms with Crippen LogP contribution in [0.2, 0.25) is 0 Å². The Morgan fingerprint density at radius 2 is 1.71 bits per heavy atom. The van der Waals surface area contributed by atoms with Crippen LogP contribution in [0.5, 0.6) is 5.75 Å². The van der Waals surface area contributed by atoms with Gasteiger partial charge in [-0.25, -0.2) is 0 Å². The standard InChI is InChI=1S/C33H44N4O/c1-6-35(7-2)29-12-10-13-30(24-29)37-23-20-28(34-37)19-22-33(25-27-15-17-32(38-5)18-16-27)21-11-14-31(26-33)36(8-3)9-4/h10-19,21-22,24H,6-9,20,23,25-26H2,1-5H3. The molecule has 2 aromatic carbocycles. The molecule has 0 saturated heterocycles. The van der Waals surface area contributed by atoms with Crippen LogP contribution in [0.25, 0.3) is 0 Å². The number of allylic oxidation sites excluding steroid dienone is 6. The van der Waals surface area contributed by atoms with Crippen LogP contribution in [-0.2, 0) is 6.42 Å². The Bertz CT molecular complexity index is 1170. The molecule has 1 atom stereocenters. The van der Waals surface area contributed by atoms with Crippen molar-refractivity contribution >= 4 is 17.1 Å². The van der Waals surface area contributed by atoms with Crippen LogP contribution in [-0.4, -0.2) is 50.4 Å². The van der Waals surface area contributed by atoms with Crippen molar-refractivity contribution in [3.05, 3.63) is 90.2 Å². The van der Waals surface area contributed by atoms with Crippen molar-refractivity contribution in [2.24, 2.45) is 10.5 Å². The fraction of sp³-hybridized carbons (Fsp3) is 0.424. The zero-order chi connectivity index (χ0) is 27.0. The van der Waals surface area contributed by atoms with E-state index in [1.165, 1.54) is 16.9 Å². The summed E-state index contributed by atoms with van der Waals surface area (Å²) < 4.78 is 5.39. The summed E-state index contributed by atoms with van der Waals surface area (Å²) in [6.07, 6.45) is 14.4. The van der Waals surface area contributed by atoms with E-state index in [2.05, 4.69) is 121 Å². The van der Waals surface area contributed by atoms with Crippen molar-refractivity contribution in [1.29, 1.82) is 0 Å². The van der Waals surface area contributed by atoms with Gasteiger partial charge in [0.25, 0.3) is 0 Å². The van der Waals surface area contributed by atoms with Crippen molar-refractivity contribution < 1.29 is 4.74 Å². The number of rotatable bonds is 12. The lowest BCUT2D eigenvalue weighted by molar-refractivity contribution is 0.327. The van der Waals surface area contributed by atoms with Crippen molar-refractivity contribution in [3.8, 4) is 5.75 Å². The summed E-state index contributed by atoms with van der Waals surface area (Å²) >= 11 is 0. The van der Waals surface area contributed by atoms with Crippen molar-refractivity contribution in [3.63, 3.8) is 0 Å². The SMILES string of the molecule is CCN(CC)C1=CC=CC(C=CC2=NN(c3cccc(N(CC)CC)c3)CC2)(Cc2ccc(OC)cc2)C1. The number of methoxy groups -OCH3 is 1. The molecule has 2 aromatic rings. The molecule has 4 rings (SSSR count). The monoisotopic (exact) mass is 512 g/mol. The minimum atomic E-state index is -0.0973. The van der Waals surface area contributed by atoms with E-state index < -0.39 is 0 Å². The molecule has 0 aromatic heterocycles. The van der Waals surface area contributed by atoms with Gasteiger partial charge >= 0.3 is 0 Å². The quantitative estimate of drug-likeness (QED) is 0.304. The minimum absolute atomic E-state index is 0.0973. The molecule has 202 valence electrons. The van der Waals surface area contributed by atoms with E-state index in [4.69, 9.17) is 9.84 Å². The molecule has 0 bridgehead atoms. The summed E-state index contributed by atoms with van der Waals surface area (Å²) in [5, 5.41) is 7.17. The Balaban J connectivity index is 1.58. The van der Waals surface area contributed by atoms with Crippen LogP contribution in [0.1, 0.15) is 46.1 Å². The summed E-state index contributed by atoms with van der Waals surface area (Å²) in [6.45, 7) is 13.8. The molecule has 0 spiro atoms. The zero-order valence-corrected chi connectivity index (χ0v) is 23.9. The van der Waals surface area contributed by atoms with Gasteiger partial charge in [-0.15, -0.1) is 0 Å². The molecule has 38 heavy (non-hydrogen) atoms. The predicted molar refractivity (Wildman–Crippen MR) is 162 cm³/mol. The number of benzene rings is 2. The van der Waals surface area contributed by atoms with Gasteiger partial charge in [-0.05, 0) is 82.2 Å². The molecule has 0 saturated carbocycles. The van der Waals surface area contributed by atoms with Gasteiger partial charge in [0.1, 0.15) is 5.75 Å². The second-order valence-corrected chi connectivity index (χ2v) is 10.1. The van der Waals surface area contributed by atoms with Gasteiger partial charge in [-0.1, -0.05) is 36.4 Å². The van der Waals surface area contributed by atoms with Gasteiger partial charge in [0, 0.05) is 62.4 Å². The van der Waals surface area contributed by atoms with Crippen molar-refractivity contribution in [2.45, 2.75) is 47.0 Å². The maximum absolute atomic E-state index is 5.39. The molecule has 0 fully saturated rings. The maximum Gasteiger partial charge on any atom is 0.118 e. The predicted octanol–water partition coefficient (Wildman–Crippen LogP) is 7.08. The lowest BCUT2D eigenvalue weighted by atomic mass is 9.74. The molecule has 5 heteroatoms. The molecule has 1 unspecified atom stereocenters. The fourth-order valence-electron chi connectivity index (χ4n) is 5.55. The summed E-state index contributed by atoms with van der Waals surface area (Å²) in [4.78, 5) is 4.85. The van der Waals surface area contributed by atoms with E-state index in [1.807, 2.05) is 0 Å². The highest BCUT2D eigenvalue weighted by atomic mass is 16.5. The Morgan fingerprint density at radius 1 is 0.974 bits per heavy atom. The molecule has 5 nitrogen and oxygen atoms in total. The average Bonchev–Trinajstić information content (AvgIpc) is 3.44. The molecular weight excluding hydrogens is 468 g/mol. The lowest BCUT2D eigenvalue weighted by Gasteiger charge is -2.36. The Morgan fingerprint density at radius 3 is 2.39 bits per heavy atom. The number of hydrogen-bond donors (Lipinski definition) is 0. The van der Waals surface area contributed by atoms with Gasteiger partial charge < -0.3 is 14.5 Å². The molecule has 0 N–H and O–H groups in total. The van der Waals surface area contributed by atoms with E-state index in [0.29, 0.717) is 0 Å². The van der Waals surface area contributed by atoms with Crippen LogP contribution in [0.3, 0.4) is 0 Å². The first kappa shape index (κ1) is 27.6. The van der Waals surface area contributed by atoms with Crippen molar-refractivity contribution in [2.75, 3.05) is 49.7 Å². The van der Waals surface area contributed by atoms with Crippen LogP contribution in [0.4, 0.5) is 11.4 Å². The van der Waals surface area contributed by atoms with Crippen LogP contribution < -0.4 is 14.6 Å². The smallest absolute Gasteiger partial charge is 0.118 e. The van der Waals surface area contributed by atoms with E-state index in [1.54, 1.807) is 7.11 Å². The highest BCUT2D eigenvalue weighted by molar-refractivity contribution is 5.97. The molecule has 0 amide bonds. The first-order valence-electron chi connectivity index (χ1n) is 14.2. The minimum Gasteiger partial charge on any atom is -0.497 e. The third kappa shape index (κ3) is 6.50. The van der Waals surface area contributed by atoms with Crippen LogP contribution in [0, 0.1) is 5.41 Å². The Kier molecular flexibility index (Phi) is 9.33. The number of ether oxygens (including phenoxy) is 1. The first-order valence-corrected chi connectivity index (χ1v) is 14.2. The largest absolute Gasteiger partial charge is 0.497 e. The molecule has 2 aliphatic rings. The highest BCUT2D eigenvalue weighted by Crippen LogP contribution is 2.38. The zero-order valence-electron chi connectivity index (χ0n) is 23.9. The number of hydrazone groups is 1.